The van der Waals surface area contributed by atoms with E-state index in [2.05, 4.69) is 9.12 Å². The molecular formula is C27H31FN4O6S2. The van der Waals surface area contributed by atoms with Crippen LogP contribution in [0, 0.1) is 11.2 Å². The molecule has 0 unspecified atom stereocenters. The average Bonchev–Trinajstić information content (AvgIpc) is 3.56. The van der Waals surface area contributed by atoms with Gasteiger partial charge in [0.15, 0.2) is 0 Å². The Kier molecular flexibility index (Phi) is 7.14. The van der Waals surface area contributed by atoms with E-state index in [9.17, 15) is 31.1 Å². The van der Waals surface area contributed by atoms with Crippen LogP contribution < -0.4 is 4.72 Å². The Morgan fingerprint density at radius 2 is 1.75 bits per heavy atom. The summed E-state index contributed by atoms with van der Waals surface area (Å²) in [5.41, 5.74) is -0.120. The predicted octanol–water partition coefficient (Wildman–Crippen LogP) is 3.02. The SMILES string of the molecule is CC(C)(C)[C@H]1C(O)=C(C2=NS(=O)(=O)c3c(CNS(=O)(=O)N4CCCC4)cccc32)C(=O)N1Cc1ccc(F)cc1. The van der Waals surface area contributed by atoms with Gasteiger partial charge in [-0.25, -0.2) is 4.39 Å². The first-order valence-corrected chi connectivity index (χ1v) is 15.8. The number of halogens is 1. The number of amides is 1. The number of sulfonamides is 1. The molecular weight excluding hydrogens is 559 g/mol. The van der Waals surface area contributed by atoms with Crippen molar-refractivity contribution in [2.24, 2.45) is 9.81 Å². The fourth-order valence-corrected chi connectivity index (χ4v) is 8.20. The molecule has 2 aromatic carbocycles. The molecule has 2 aromatic rings. The molecule has 3 heterocycles. The third-order valence-corrected chi connectivity index (χ3v) is 10.3. The zero-order chi connectivity index (χ0) is 29.0. The molecule has 0 bridgehead atoms. The van der Waals surface area contributed by atoms with E-state index in [-0.39, 0.29) is 46.2 Å². The number of fused-ring (bicyclic) bond motifs is 1. The van der Waals surface area contributed by atoms with E-state index in [1.807, 2.05) is 20.8 Å². The fourth-order valence-electron chi connectivity index (χ4n) is 5.50. The van der Waals surface area contributed by atoms with Crippen LogP contribution in [0.15, 0.2) is 63.1 Å². The number of benzene rings is 2. The highest BCUT2D eigenvalue weighted by Gasteiger charge is 2.49. The van der Waals surface area contributed by atoms with Crippen molar-refractivity contribution in [2.45, 2.75) is 57.6 Å². The third kappa shape index (κ3) is 5.06. The van der Waals surface area contributed by atoms with Gasteiger partial charge in [-0.2, -0.15) is 30.3 Å². The molecule has 1 saturated heterocycles. The summed E-state index contributed by atoms with van der Waals surface area (Å²) in [6.45, 7) is 6.08. The third-order valence-electron chi connectivity index (χ3n) is 7.30. The molecule has 3 aliphatic rings. The lowest BCUT2D eigenvalue weighted by Gasteiger charge is -2.35. The summed E-state index contributed by atoms with van der Waals surface area (Å²) in [7, 11) is -8.11. The molecule has 5 rings (SSSR count). The standard InChI is InChI=1S/C27H31FN4O6S2/c1-27(2,3)25-23(33)21(26(34)32(25)16-17-9-11-19(28)12-10-17)22-20-8-6-7-18(24(20)39(35,36)30-22)15-29-40(37,38)31-13-4-5-14-31/h6-12,25,29,33H,4-5,13-16H2,1-3H3/t25-/m1/s1. The highest BCUT2D eigenvalue weighted by Crippen LogP contribution is 2.41. The molecule has 1 fully saturated rings. The number of hydrogen-bond acceptors (Lipinski definition) is 6. The number of carbonyl (C=O) groups is 1. The van der Waals surface area contributed by atoms with E-state index in [0.29, 0.717) is 18.7 Å². The first kappa shape index (κ1) is 28.4. The summed E-state index contributed by atoms with van der Waals surface area (Å²) in [4.78, 5) is 15.0. The Hall–Kier alpha value is -3.13. The van der Waals surface area contributed by atoms with Gasteiger partial charge in [-0.1, -0.05) is 51.1 Å². The summed E-state index contributed by atoms with van der Waals surface area (Å²) in [6.07, 6.45) is 1.52. The van der Waals surface area contributed by atoms with Crippen molar-refractivity contribution in [3.05, 3.63) is 76.3 Å². The van der Waals surface area contributed by atoms with E-state index in [1.165, 1.54) is 33.5 Å². The Bertz CT molecular complexity index is 1640. The molecule has 0 saturated carbocycles. The van der Waals surface area contributed by atoms with Gasteiger partial charge in [0.2, 0.25) is 0 Å². The van der Waals surface area contributed by atoms with Crippen LogP contribution in [0.4, 0.5) is 4.39 Å². The minimum atomic E-state index is -4.31. The molecule has 1 amide bonds. The quantitative estimate of drug-likeness (QED) is 0.509. The molecule has 214 valence electrons. The minimum absolute atomic E-state index is 0.0554. The molecule has 0 radical (unpaired) electrons. The van der Waals surface area contributed by atoms with Crippen molar-refractivity contribution < 1.29 is 31.1 Å². The highest BCUT2D eigenvalue weighted by atomic mass is 32.2. The first-order chi connectivity index (χ1) is 18.7. The van der Waals surface area contributed by atoms with Gasteiger partial charge in [0.1, 0.15) is 27.8 Å². The lowest BCUT2D eigenvalue weighted by Crippen LogP contribution is -2.43. The van der Waals surface area contributed by atoms with Gasteiger partial charge in [-0.05, 0) is 41.5 Å². The molecule has 10 nitrogen and oxygen atoms in total. The normalized spacial score (nSPS) is 21.3. The van der Waals surface area contributed by atoms with Crippen LogP contribution in [-0.4, -0.2) is 61.9 Å². The van der Waals surface area contributed by atoms with Crippen LogP contribution in [-0.2, 0) is 38.1 Å². The van der Waals surface area contributed by atoms with Crippen LogP contribution in [0.25, 0.3) is 0 Å². The van der Waals surface area contributed by atoms with Crippen LogP contribution in [0.3, 0.4) is 0 Å². The second-order valence-electron chi connectivity index (χ2n) is 11.2. The minimum Gasteiger partial charge on any atom is -0.509 e. The molecule has 0 aliphatic carbocycles. The van der Waals surface area contributed by atoms with Crippen LogP contribution in [0.2, 0.25) is 0 Å². The number of hydrogen-bond donors (Lipinski definition) is 2. The van der Waals surface area contributed by atoms with Gasteiger partial charge in [0.05, 0.1) is 6.04 Å². The Labute approximate surface area is 233 Å². The number of aliphatic hydroxyl groups is 1. The highest BCUT2D eigenvalue weighted by molar-refractivity contribution is 7.91. The Balaban J connectivity index is 1.51. The Morgan fingerprint density at radius 1 is 1.10 bits per heavy atom. The van der Waals surface area contributed by atoms with Crippen molar-refractivity contribution in [3.63, 3.8) is 0 Å². The topological polar surface area (TPSA) is 136 Å². The second kappa shape index (κ2) is 10.1. The summed E-state index contributed by atoms with van der Waals surface area (Å²) in [5, 5.41) is 11.4. The second-order valence-corrected chi connectivity index (χ2v) is 14.5. The van der Waals surface area contributed by atoms with Crippen molar-refractivity contribution in [3.8, 4) is 0 Å². The average molecular weight is 591 g/mol. The number of nitrogens with zero attached hydrogens (tertiary/aromatic N) is 3. The Morgan fingerprint density at radius 3 is 2.38 bits per heavy atom. The number of aliphatic hydroxyl groups excluding tert-OH is 1. The zero-order valence-electron chi connectivity index (χ0n) is 22.4. The lowest BCUT2D eigenvalue weighted by atomic mass is 9.84. The molecule has 3 aliphatic heterocycles. The van der Waals surface area contributed by atoms with E-state index in [0.717, 1.165) is 12.8 Å². The molecule has 1 atom stereocenters. The first-order valence-electron chi connectivity index (χ1n) is 12.9. The summed E-state index contributed by atoms with van der Waals surface area (Å²) >= 11 is 0. The molecule has 40 heavy (non-hydrogen) atoms. The van der Waals surface area contributed by atoms with Crippen molar-refractivity contribution in [1.82, 2.24) is 13.9 Å². The molecule has 2 N–H and O–H groups in total. The predicted molar refractivity (Wildman–Crippen MR) is 147 cm³/mol. The van der Waals surface area contributed by atoms with Crippen LogP contribution >= 0.6 is 0 Å². The lowest BCUT2D eigenvalue weighted by molar-refractivity contribution is -0.129. The van der Waals surface area contributed by atoms with Crippen LogP contribution in [0.1, 0.15) is 50.3 Å². The number of carbonyl (C=O) groups excluding carboxylic acids is 1. The van der Waals surface area contributed by atoms with E-state index < -0.39 is 43.4 Å². The smallest absolute Gasteiger partial charge is 0.283 e. The monoisotopic (exact) mass is 590 g/mol. The number of nitrogens with one attached hydrogen (secondary N) is 1. The van der Waals surface area contributed by atoms with E-state index in [1.54, 1.807) is 18.2 Å². The summed E-state index contributed by atoms with van der Waals surface area (Å²) in [6, 6.07) is 9.37. The number of rotatable bonds is 7. The van der Waals surface area contributed by atoms with Crippen LogP contribution in [0.5, 0.6) is 0 Å². The zero-order valence-corrected chi connectivity index (χ0v) is 24.0. The van der Waals surface area contributed by atoms with Gasteiger partial charge >= 0.3 is 0 Å². The van der Waals surface area contributed by atoms with E-state index >= 15 is 0 Å². The van der Waals surface area contributed by atoms with Gasteiger partial charge in [0, 0.05) is 31.7 Å². The molecule has 0 aromatic heterocycles. The van der Waals surface area contributed by atoms with Gasteiger partial charge in [-0.3, -0.25) is 4.79 Å². The summed E-state index contributed by atoms with van der Waals surface area (Å²) < 4.78 is 73.1. The maximum Gasteiger partial charge on any atom is 0.283 e. The molecule has 13 heteroatoms. The molecule has 0 spiro atoms. The van der Waals surface area contributed by atoms with Crippen molar-refractivity contribution in [1.29, 1.82) is 0 Å². The largest absolute Gasteiger partial charge is 0.509 e. The van der Waals surface area contributed by atoms with Gasteiger partial charge < -0.3 is 10.0 Å². The van der Waals surface area contributed by atoms with E-state index in [4.69, 9.17) is 0 Å². The summed E-state index contributed by atoms with van der Waals surface area (Å²) in [5.74, 6) is -1.34. The van der Waals surface area contributed by atoms with Gasteiger partial charge in [-0.15, -0.1) is 0 Å². The maximum absolute atomic E-state index is 13.8. The van der Waals surface area contributed by atoms with Gasteiger partial charge in [0.25, 0.3) is 26.1 Å². The fraction of sp³-hybridized carbons (Fsp3) is 0.407. The van der Waals surface area contributed by atoms with Crippen molar-refractivity contribution in [2.75, 3.05) is 13.1 Å². The van der Waals surface area contributed by atoms with Crippen molar-refractivity contribution >= 4 is 31.9 Å². The maximum atomic E-state index is 13.8.